The predicted octanol–water partition coefficient (Wildman–Crippen LogP) is 5.64. The molecular formula is C29H29N5O2S. The van der Waals surface area contributed by atoms with Gasteiger partial charge in [-0.15, -0.1) is 11.3 Å². The highest BCUT2D eigenvalue weighted by Crippen LogP contribution is 2.30. The zero-order chi connectivity index (χ0) is 25.6. The van der Waals surface area contributed by atoms with Crippen molar-refractivity contribution in [1.29, 1.82) is 0 Å². The van der Waals surface area contributed by atoms with Crippen molar-refractivity contribution in [1.82, 2.24) is 14.8 Å². The molecule has 5 rings (SSSR count). The third-order valence-corrected chi connectivity index (χ3v) is 7.17. The van der Waals surface area contributed by atoms with Crippen LogP contribution in [0.2, 0.25) is 0 Å². The number of urea groups is 1. The Bertz CT molecular complexity index is 1310. The van der Waals surface area contributed by atoms with Crippen molar-refractivity contribution >= 4 is 34.1 Å². The van der Waals surface area contributed by atoms with Gasteiger partial charge >= 0.3 is 6.03 Å². The summed E-state index contributed by atoms with van der Waals surface area (Å²) < 4.78 is 0. The maximum absolute atomic E-state index is 13.2. The molecule has 4 aromatic rings. The highest BCUT2D eigenvalue weighted by molar-refractivity contribution is 7.14. The van der Waals surface area contributed by atoms with E-state index in [-0.39, 0.29) is 18.0 Å². The Kier molecular flexibility index (Phi) is 7.58. The summed E-state index contributed by atoms with van der Waals surface area (Å²) in [5.41, 5.74) is 4.60. The lowest BCUT2D eigenvalue weighted by molar-refractivity contribution is 0.0592. The minimum absolute atomic E-state index is 0.112. The second-order valence-electron chi connectivity index (χ2n) is 9.04. The Labute approximate surface area is 220 Å². The number of piperazine rings is 1. The molecule has 8 heteroatoms. The molecule has 0 spiro atoms. The summed E-state index contributed by atoms with van der Waals surface area (Å²) in [6, 6.07) is 28.3. The molecule has 0 aliphatic carbocycles. The summed E-state index contributed by atoms with van der Waals surface area (Å²) in [6.07, 6.45) is 0. The summed E-state index contributed by atoms with van der Waals surface area (Å²) in [6.45, 7) is 4.71. The van der Waals surface area contributed by atoms with E-state index >= 15 is 0 Å². The van der Waals surface area contributed by atoms with Gasteiger partial charge in [-0.3, -0.25) is 15.0 Å². The Balaban J connectivity index is 1.20. The lowest BCUT2D eigenvalue weighted by atomic mass is 9.96. The number of nitrogens with one attached hydrogen (secondary N) is 2. The number of benzene rings is 3. The number of hydrogen-bond acceptors (Lipinski definition) is 5. The van der Waals surface area contributed by atoms with Gasteiger partial charge in [0, 0.05) is 37.2 Å². The molecule has 1 aromatic heterocycles. The van der Waals surface area contributed by atoms with Crippen molar-refractivity contribution in [2.75, 3.05) is 36.8 Å². The lowest BCUT2D eigenvalue weighted by Crippen LogP contribution is -2.50. The molecule has 0 bridgehead atoms. The van der Waals surface area contributed by atoms with Crippen molar-refractivity contribution in [3.05, 3.63) is 113 Å². The molecule has 37 heavy (non-hydrogen) atoms. The average molecular weight is 512 g/mol. The molecule has 3 amide bonds. The fourth-order valence-electron chi connectivity index (χ4n) is 4.64. The topological polar surface area (TPSA) is 77.6 Å². The molecule has 3 aromatic carbocycles. The Hall–Kier alpha value is -4.01. The van der Waals surface area contributed by atoms with Crippen LogP contribution < -0.4 is 10.6 Å². The predicted molar refractivity (Wildman–Crippen MR) is 148 cm³/mol. The van der Waals surface area contributed by atoms with Crippen LogP contribution in [0.15, 0.2) is 90.3 Å². The lowest BCUT2D eigenvalue weighted by Gasteiger charge is -2.39. The van der Waals surface area contributed by atoms with Crippen LogP contribution in [-0.2, 0) is 0 Å². The molecule has 1 saturated heterocycles. The Morgan fingerprint density at radius 3 is 2.11 bits per heavy atom. The summed E-state index contributed by atoms with van der Waals surface area (Å²) in [5, 5.41) is 7.61. The van der Waals surface area contributed by atoms with Crippen molar-refractivity contribution < 1.29 is 9.59 Å². The maximum atomic E-state index is 13.2. The minimum atomic E-state index is -0.388. The fourth-order valence-corrected chi connectivity index (χ4v) is 5.32. The SMILES string of the molecule is Cc1cccc(NC(=O)Nc2nc(C(=O)N3CCN(C(c4ccccc4)c4ccccc4)CC3)cs2)c1. The molecule has 0 atom stereocenters. The standard InChI is InChI=1S/C29H29N5O2S/c1-21-9-8-14-24(19-21)30-28(36)32-29-31-25(20-37-29)27(35)34-17-15-33(16-18-34)26(22-10-4-2-5-11-22)23-12-6-3-7-13-23/h2-14,19-20,26H,15-18H2,1H3,(H2,30,31,32,36). The quantitative estimate of drug-likeness (QED) is 0.351. The van der Waals surface area contributed by atoms with E-state index in [1.54, 1.807) is 5.38 Å². The molecule has 2 N–H and O–H groups in total. The van der Waals surface area contributed by atoms with E-state index in [4.69, 9.17) is 0 Å². The van der Waals surface area contributed by atoms with Gasteiger partial charge in [-0.1, -0.05) is 72.8 Å². The van der Waals surface area contributed by atoms with Crippen LogP contribution >= 0.6 is 11.3 Å². The number of rotatable bonds is 6. The number of hydrogen-bond donors (Lipinski definition) is 2. The normalized spacial score (nSPS) is 13.9. The van der Waals surface area contributed by atoms with Crippen LogP contribution in [0, 0.1) is 6.92 Å². The van der Waals surface area contributed by atoms with Gasteiger partial charge in [-0.25, -0.2) is 9.78 Å². The van der Waals surface area contributed by atoms with Gasteiger partial charge in [0.05, 0.1) is 6.04 Å². The summed E-state index contributed by atoms with van der Waals surface area (Å²) >= 11 is 1.24. The van der Waals surface area contributed by atoms with E-state index in [0.717, 1.165) is 18.7 Å². The number of aromatic nitrogens is 1. The molecule has 1 aliphatic rings. The van der Waals surface area contributed by atoms with Gasteiger partial charge in [-0.05, 0) is 35.7 Å². The number of carbonyl (C=O) groups excluding carboxylic acids is 2. The first-order chi connectivity index (χ1) is 18.1. The van der Waals surface area contributed by atoms with Gasteiger partial charge in [0.1, 0.15) is 5.69 Å². The van der Waals surface area contributed by atoms with E-state index in [0.29, 0.717) is 29.6 Å². The zero-order valence-electron chi connectivity index (χ0n) is 20.6. The van der Waals surface area contributed by atoms with Gasteiger partial charge in [0.2, 0.25) is 0 Å². The summed E-state index contributed by atoms with van der Waals surface area (Å²) in [7, 11) is 0. The number of aryl methyl sites for hydroxylation is 1. The molecule has 1 aliphatic heterocycles. The summed E-state index contributed by atoms with van der Waals surface area (Å²) in [4.78, 5) is 34.2. The van der Waals surface area contributed by atoms with Crippen LogP contribution in [0.3, 0.4) is 0 Å². The van der Waals surface area contributed by atoms with E-state index in [1.165, 1.54) is 22.5 Å². The number of thiazole rings is 1. The molecule has 0 saturated carbocycles. The highest BCUT2D eigenvalue weighted by atomic mass is 32.1. The Morgan fingerprint density at radius 1 is 0.838 bits per heavy atom. The third kappa shape index (κ3) is 6.04. The fraction of sp³-hybridized carbons (Fsp3) is 0.207. The van der Waals surface area contributed by atoms with Crippen LogP contribution in [0.5, 0.6) is 0 Å². The number of amides is 3. The molecule has 0 unspecified atom stereocenters. The first-order valence-corrected chi connectivity index (χ1v) is 13.2. The highest BCUT2D eigenvalue weighted by Gasteiger charge is 2.29. The molecule has 2 heterocycles. The minimum Gasteiger partial charge on any atom is -0.335 e. The Morgan fingerprint density at radius 2 is 1.49 bits per heavy atom. The molecule has 1 fully saturated rings. The van der Waals surface area contributed by atoms with Gasteiger partial charge in [0.15, 0.2) is 5.13 Å². The van der Waals surface area contributed by atoms with Crippen LogP contribution in [0.4, 0.5) is 15.6 Å². The largest absolute Gasteiger partial charge is 0.335 e. The molecule has 0 radical (unpaired) electrons. The molecular weight excluding hydrogens is 482 g/mol. The first-order valence-electron chi connectivity index (χ1n) is 12.3. The maximum Gasteiger partial charge on any atom is 0.325 e. The molecule has 7 nitrogen and oxygen atoms in total. The van der Waals surface area contributed by atoms with E-state index in [2.05, 4.69) is 69.0 Å². The van der Waals surface area contributed by atoms with Gasteiger partial charge in [-0.2, -0.15) is 0 Å². The van der Waals surface area contributed by atoms with Crippen molar-refractivity contribution in [3.63, 3.8) is 0 Å². The first kappa shape index (κ1) is 24.7. The number of nitrogens with zero attached hydrogens (tertiary/aromatic N) is 3. The van der Waals surface area contributed by atoms with Gasteiger partial charge < -0.3 is 10.2 Å². The number of anilines is 2. The second kappa shape index (κ2) is 11.4. The third-order valence-electron chi connectivity index (χ3n) is 6.42. The van der Waals surface area contributed by atoms with E-state index in [1.807, 2.05) is 48.2 Å². The monoisotopic (exact) mass is 511 g/mol. The van der Waals surface area contributed by atoms with E-state index in [9.17, 15) is 9.59 Å². The van der Waals surface area contributed by atoms with Gasteiger partial charge in [0.25, 0.3) is 5.91 Å². The zero-order valence-corrected chi connectivity index (χ0v) is 21.4. The van der Waals surface area contributed by atoms with Crippen LogP contribution in [-0.4, -0.2) is 52.9 Å². The van der Waals surface area contributed by atoms with E-state index < -0.39 is 0 Å². The summed E-state index contributed by atoms with van der Waals surface area (Å²) in [5.74, 6) is -0.112. The van der Waals surface area contributed by atoms with Crippen molar-refractivity contribution in [3.8, 4) is 0 Å². The molecule has 188 valence electrons. The number of carbonyl (C=O) groups is 2. The van der Waals surface area contributed by atoms with Crippen LogP contribution in [0.1, 0.15) is 33.2 Å². The second-order valence-corrected chi connectivity index (χ2v) is 9.90. The van der Waals surface area contributed by atoms with Crippen molar-refractivity contribution in [2.45, 2.75) is 13.0 Å². The van der Waals surface area contributed by atoms with Crippen LogP contribution in [0.25, 0.3) is 0 Å². The van der Waals surface area contributed by atoms with Crippen molar-refractivity contribution in [2.24, 2.45) is 0 Å². The smallest absolute Gasteiger partial charge is 0.325 e. The average Bonchev–Trinajstić information content (AvgIpc) is 3.38.